The van der Waals surface area contributed by atoms with Crippen molar-refractivity contribution in [3.63, 3.8) is 0 Å². The summed E-state index contributed by atoms with van der Waals surface area (Å²) < 4.78 is 6.70. The molecule has 5 aromatic carbocycles. The highest BCUT2D eigenvalue weighted by atomic mass is 16.3. The minimum Gasteiger partial charge on any atom is -0.456 e. The molecule has 9 rings (SSSR count). The second kappa shape index (κ2) is 11.6. The van der Waals surface area contributed by atoms with Crippen LogP contribution < -0.4 is 10.6 Å². The van der Waals surface area contributed by atoms with Gasteiger partial charge in [0, 0.05) is 27.9 Å². The first kappa shape index (κ1) is 27.6. The van der Waals surface area contributed by atoms with E-state index in [0.717, 1.165) is 74.8 Å². The van der Waals surface area contributed by atoms with Gasteiger partial charge >= 0.3 is 0 Å². The molecular formula is C43H32N3O-. The number of hydrogen-bond donors (Lipinski definition) is 0. The van der Waals surface area contributed by atoms with Gasteiger partial charge in [0.1, 0.15) is 11.0 Å². The molecule has 2 heterocycles. The van der Waals surface area contributed by atoms with E-state index in [1.54, 1.807) is 0 Å². The van der Waals surface area contributed by atoms with Crippen molar-refractivity contribution >= 4 is 45.6 Å². The molecule has 1 aromatic heterocycles. The Balaban J connectivity index is 1.15. The van der Waals surface area contributed by atoms with Crippen LogP contribution in [0.15, 0.2) is 148 Å². The summed E-state index contributed by atoms with van der Waals surface area (Å²) in [6.45, 7) is 0. The molecule has 6 aromatic rings. The van der Waals surface area contributed by atoms with E-state index in [-0.39, 0.29) is 5.92 Å². The van der Waals surface area contributed by atoms with Crippen LogP contribution >= 0.6 is 0 Å². The molecule has 0 saturated heterocycles. The summed E-state index contributed by atoms with van der Waals surface area (Å²) in [5.41, 5.74) is 8.45. The van der Waals surface area contributed by atoms with Gasteiger partial charge in [-0.15, -0.1) is 0 Å². The van der Waals surface area contributed by atoms with Gasteiger partial charge in [0.15, 0.2) is 0 Å². The van der Waals surface area contributed by atoms with E-state index in [1.807, 2.05) is 18.2 Å². The molecule has 4 nitrogen and oxygen atoms in total. The molecule has 2 atom stereocenters. The van der Waals surface area contributed by atoms with Gasteiger partial charge in [-0.2, -0.15) is 0 Å². The van der Waals surface area contributed by atoms with Crippen LogP contribution in [0.1, 0.15) is 36.6 Å². The largest absolute Gasteiger partial charge is 0.456 e. The van der Waals surface area contributed by atoms with Crippen LogP contribution in [0, 0.1) is 5.92 Å². The Morgan fingerprint density at radius 3 is 2.32 bits per heavy atom. The third-order valence-electron chi connectivity index (χ3n) is 9.40. The number of rotatable bonds is 5. The van der Waals surface area contributed by atoms with Crippen LogP contribution in [0.2, 0.25) is 0 Å². The molecule has 2 aliphatic carbocycles. The highest BCUT2D eigenvalue weighted by Crippen LogP contribution is 2.39. The van der Waals surface area contributed by atoms with Crippen molar-refractivity contribution in [2.75, 3.05) is 0 Å². The summed E-state index contributed by atoms with van der Waals surface area (Å²) >= 11 is 0. The van der Waals surface area contributed by atoms with Gasteiger partial charge in [0.2, 0.25) is 0 Å². The number of benzene rings is 5. The van der Waals surface area contributed by atoms with Crippen LogP contribution in [-0.2, 0) is 0 Å². The van der Waals surface area contributed by atoms with E-state index in [4.69, 9.17) is 19.7 Å². The molecule has 3 aliphatic rings. The van der Waals surface area contributed by atoms with Crippen molar-refractivity contribution < 1.29 is 4.42 Å². The van der Waals surface area contributed by atoms with Crippen LogP contribution in [0.25, 0.3) is 61.5 Å². The van der Waals surface area contributed by atoms with E-state index in [2.05, 4.69) is 127 Å². The van der Waals surface area contributed by atoms with E-state index in [1.165, 1.54) is 21.9 Å². The lowest BCUT2D eigenvalue weighted by molar-refractivity contribution is 0.572. The van der Waals surface area contributed by atoms with Gasteiger partial charge in [-0.1, -0.05) is 139 Å². The Bertz CT molecular complexity index is 2410. The van der Waals surface area contributed by atoms with Gasteiger partial charge in [-0.25, -0.2) is 0 Å². The molecule has 1 aliphatic heterocycles. The number of aliphatic imine (C=N–C) groups is 2. The zero-order chi connectivity index (χ0) is 31.2. The lowest BCUT2D eigenvalue weighted by Crippen LogP contribution is -2.24. The van der Waals surface area contributed by atoms with Crippen LogP contribution in [0.3, 0.4) is 0 Å². The van der Waals surface area contributed by atoms with E-state index in [0.29, 0.717) is 0 Å². The van der Waals surface area contributed by atoms with E-state index >= 15 is 0 Å². The van der Waals surface area contributed by atoms with Gasteiger partial charge in [-0.3, -0.25) is 4.99 Å². The first-order chi connectivity index (χ1) is 23.3. The smallest absolute Gasteiger partial charge is 0.143 e. The minimum atomic E-state index is -0.430. The molecule has 4 heteroatoms. The number of allylic oxidation sites excluding steroid dienone is 3. The van der Waals surface area contributed by atoms with Gasteiger partial charge in [0.05, 0.1) is 6.17 Å². The lowest BCUT2D eigenvalue weighted by atomic mass is 9.94. The monoisotopic (exact) mass is 606 g/mol. The summed E-state index contributed by atoms with van der Waals surface area (Å²) in [6, 6.07) is 38.6. The van der Waals surface area contributed by atoms with Crippen molar-refractivity contribution in [1.82, 2.24) is 0 Å². The molecule has 0 fully saturated rings. The third kappa shape index (κ3) is 5.03. The molecule has 0 saturated carbocycles. The van der Waals surface area contributed by atoms with Crippen molar-refractivity contribution in [2.24, 2.45) is 15.9 Å². The molecule has 47 heavy (non-hydrogen) atoms. The Labute approximate surface area is 273 Å². The summed E-state index contributed by atoms with van der Waals surface area (Å²) in [5.74, 6) is 1.66. The van der Waals surface area contributed by atoms with Crippen molar-refractivity contribution in [3.8, 4) is 22.3 Å². The van der Waals surface area contributed by atoms with Gasteiger partial charge in [-0.05, 0) is 70.0 Å². The number of hydrogen-bond acceptors (Lipinski definition) is 3. The summed E-state index contributed by atoms with van der Waals surface area (Å²) in [7, 11) is 0. The van der Waals surface area contributed by atoms with Crippen molar-refractivity contribution in [3.05, 3.63) is 161 Å². The van der Waals surface area contributed by atoms with Crippen molar-refractivity contribution in [1.29, 1.82) is 0 Å². The molecule has 0 bridgehead atoms. The first-order valence-electron chi connectivity index (χ1n) is 16.4. The zero-order valence-corrected chi connectivity index (χ0v) is 25.9. The quantitative estimate of drug-likeness (QED) is 0.193. The second-order valence-electron chi connectivity index (χ2n) is 12.4. The minimum absolute atomic E-state index is 0.116. The molecule has 226 valence electrons. The highest BCUT2D eigenvalue weighted by molar-refractivity contribution is 6.16. The Morgan fingerprint density at radius 2 is 1.47 bits per heavy atom. The van der Waals surface area contributed by atoms with E-state index < -0.39 is 6.17 Å². The predicted molar refractivity (Wildman–Crippen MR) is 195 cm³/mol. The SMILES string of the molecule is C1=CCC(C2=NC(c3ccc(-c4ccc(-c5ccc6ccccc6c5)cc4)c4oc5c(c34)=CCCC=5)[N-]C(c3ccccc3)=N2)C=C1. The van der Waals surface area contributed by atoms with Crippen molar-refractivity contribution in [2.45, 2.75) is 25.4 Å². The summed E-state index contributed by atoms with van der Waals surface area (Å²) in [5, 5.41) is 9.91. The van der Waals surface area contributed by atoms with Crippen LogP contribution in [0.5, 0.6) is 0 Å². The molecule has 0 N–H and O–H groups in total. The Kier molecular flexibility index (Phi) is 6.78. The fraction of sp³-hybridized carbons (Fsp3) is 0.116. The number of amidine groups is 2. The average Bonchev–Trinajstić information content (AvgIpc) is 3.55. The molecule has 0 spiro atoms. The van der Waals surface area contributed by atoms with Crippen LogP contribution in [0.4, 0.5) is 0 Å². The maximum Gasteiger partial charge on any atom is 0.143 e. The third-order valence-corrected chi connectivity index (χ3v) is 9.40. The number of fused-ring (bicyclic) bond motifs is 4. The Hall–Kier alpha value is -5.74. The highest BCUT2D eigenvalue weighted by Gasteiger charge is 2.22. The molecule has 2 unspecified atom stereocenters. The fourth-order valence-electron chi connectivity index (χ4n) is 6.97. The summed E-state index contributed by atoms with van der Waals surface area (Å²) in [6.07, 6.45) is 15.5. The normalized spacial score (nSPS) is 18.6. The maximum atomic E-state index is 6.70. The first-order valence-corrected chi connectivity index (χ1v) is 16.4. The maximum absolute atomic E-state index is 6.70. The summed E-state index contributed by atoms with van der Waals surface area (Å²) in [4.78, 5) is 10.2. The number of furan rings is 1. The van der Waals surface area contributed by atoms with Crippen LogP contribution in [-0.4, -0.2) is 11.7 Å². The molecule has 0 radical (unpaired) electrons. The van der Waals surface area contributed by atoms with Gasteiger partial charge < -0.3 is 14.7 Å². The molecule has 0 amide bonds. The number of nitrogens with zero attached hydrogens (tertiary/aromatic N) is 3. The lowest BCUT2D eigenvalue weighted by Gasteiger charge is -2.34. The fourth-order valence-corrected chi connectivity index (χ4v) is 6.97. The van der Waals surface area contributed by atoms with Gasteiger partial charge in [0.25, 0.3) is 0 Å². The zero-order valence-electron chi connectivity index (χ0n) is 25.9. The second-order valence-corrected chi connectivity index (χ2v) is 12.4. The standard InChI is InChI=1S/C43H32N3O/c1-3-12-31(13-4-1)41-44-42(32-14-5-2-6-15-32)46-43(45-41)37-26-25-35(40-39(37)36-17-9-10-18-38(36)47-40)30-22-19-29(20-23-30)34-24-21-28-11-7-8-16-33(28)27-34/h1-8,11-14,16-27,32,43H,9-10,15H2/q-1. The van der Waals surface area contributed by atoms with E-state index in [9.17, 15) is 0 Å². The predicted octanol–water partition coefficient (Wildman–Crippen LogP) is 9.64. The molecular weight excluding hydrogens is 574 g/mol. The average molecular weight is 607 g/mol. The Morgan fingerprint density at radius 1 is 0.681 bits per heavy atom. The topological polar surface area (TPSA) is 52.0 Å².